The SMILES string of the molecule is O=C(Cn1cnc2ccccc21)N/N=C(\CCc1ccccc1)c1ccccc1O. The summed E-state index contributed by atoms with van der Waals surface area (Å²) >= 11 is 0. The Kier molecular flexibility index (Phi) is 5.85. The molecule has 1 heterocycles. The number of fused-ring (bicyclic) bond motifs is 1. The third-order valence-corrected chi connectivity index (χ3v) is 4.87. The van der Waals surface area contributed by atoms with Gasteiger partial charge in [0.15, 0.2) is 0 Å². The van der Waals surface area contributed by atoms with E-state index in [4.69, 9.17) is 0 Å². The van der Waals surface area contributed by atoms with E-state index in [0.717, 1.165) is 23.0 Å². The number of rotatable bonds is 7. The molecule has 6 nitrogen and oxygen atoms in total. The second kappa shape index (κ2) is 9.05. The minimum absolute atomic E-state index is 0.108. The average Bonchev–Trinajstić information content (AvgIpc) is 3.18. The zero-order valence-electron chi connectivity index (χ0n) is 16.4. The molecule has 4 aromatic rings. The van der Waals surface area contributed by atoms with Gasteiger partial charge < -0.3 is 9.67 Å². The number of benzene rings is 3. The molecule has 0 unspecified atom stereocenters. The number of aromatic hydroxyl groups is 1. The van der Waals surface area contributed by atoms with E-state index in [0.29, 0.717) is 17.7 Å². The van der Waals surface area contributed by atoms with Crippen LogP contribution in [0, 0.1) is 0 Å². The Morgan fingerprint density at radius 2 is 1.70 bits per heavy atom. The van der Waals surface area contributed by atoms with Crippen molar-refractivity contribution in [2.45, 2.75) is 19.4 Å². The molecular formula is C24H22N4O2. The summed E-state index contributed by atoms with van der Waals surface area (Å²) in [6.07, 6.45) is 2.97. The van der Waals surface area contributed by atoms with E-state index in [1.807, 2.05) is 60.7 Å². The maximum absolute atomic E-state index is 12.5. The topological polar surface area (TPSA) is 79.5 Å². The fourth-order valence-electron chi connectivity index (χ4n) is 3.33. The molecule has 2 N–H and O–H groups in total. The molecule has 0 aliphatic carbocycles. The molecule has 0 fully saturated rings. The number of phenols is 1. The lowest BCUT2D eigenvalue weighted by atomic mass is 10.0. The molecule has 1 amide bonds. The van der Waals surface area contributed by atoms with Gasteiger partial charge >= 0.3 is 0 Å². The molecule has 6 heteroatoms. The van der Waals surface area contributed by atoms with Crippen LogP contribution in [-0.4, -0.2) is 26.3 Å². The van der Waals surface area contributed by atoms with Crippen LogP contribution < -0.4 is 5.43 Å². The molecule has 4 rings (SSSR count). The summed E-state index contributed by atoms with van der Waals surface area (Å²) in [7, 11) is 0. The van der Waals surface area contributed by atoms with Gasteiger partial charge in [-0.25, -0.2) is 10.4 Å². The second-order valence-electron chi connectivity index (χ2n) is 6.96. The van der Waals surface area contributed by atoms with Gasteiger partial charge in [-0.1, -0.05) is 54.6 Å². The van der Waals surface area contributed by atoms with Crippen LogP contribution in [0.3, 0.4) is 0 Å². The van der Waals surface area contributed by atoms with Gasteiger partial charge in [0.25, 0.3) is 5.91 Å². The van der Waals surface area contributed by atoms with E-state index in [-0.39, 0.29) is 18.2 Å². The van der Waals surface area contributed by atoms with Gasteiger partial charge in [-0.3, -0.25) is 4.79 Å². The van der Waals surface area contributed by atoms with E-state index >= 15 is 0 Å². The zero-order valence-corrected chi connectivity index (χ0v) is 16.4. The normalized spacial score (nSPS) is 11.5. The molecule has 0 aliphatic heterocycles. The van der Waals surface area contributed by atoms with Crippen LogP contribution >= 0.6 is 0 Å². The predicted molar refractivity (Wildman–Crippen MR) is 117 cm³/mol. The Labute approximate surface area is 174 Å². The number of amides is 1. The first-order valence-electron chi connectivity index (χ1n) is 9.78. The number of aromatic nitrogens is 2. The van der Waals surface area contributed by atoms with Gasteiger partial charge in [0, 0.05) is 5.56 Å². The number of nitrogens with zero attached hydrogens (tertiary/aromatic N) is 3. The minimum Gasteiger partial charge on any atom is -0.507 e. The maximum Gasteiger partial charge on any atom is 0.260 e. The van der Waals surface area contributed by atoms with Crippen molar-refractivity contribution in [3.63, 3.8) is 0 Å². The number of para-hydroxylation sites is 3. The Morgan fingerprint density at radius 3 is 2.53 bits per heavy atom. The average molecular weight is 398 g/mol. The van der Waals surface area contributed by atoms with Gasteiger partial charge in [-0.2, -0.15) is 5.10 Å². The van der Waals surface area contributed by atoms with Crippen LogP contribution in [0.5, 0.6) is 5.75 Å². The largest absolute Gasteiger partial charge is 0.507 e. The Bertz CT molecular complexity index is 1180. The second-order valence-corrected chi connectivity index (χ2v) is 6.96. The highest BCUT2D eigenvalue weighted by atomic mass is 16.3. The summed E-state index contributed by atoms with van der Waals surface area (Å²) in [6.45, 7) is 0.108. The van der Waals surface area contributed by atoms with Gasteiger partial charge in [-0.05, 0) is 42.7 Å². The molecule has 3 aromatic carbocycles. The first-order valence-corrected chi connectivity index (χ1v) is 9.78. The van der Waals surface area contributed by atoms with Crippen molar-refractivity contribution < 1.29 is 9.90 Å². The first-order chi connectivity index (χ1) is 14.7. The highest BCUT2D eigenvalue weighted by Crippen LogP contribution is 2.19. The van der Waals surface area contributed by atoms with Gasteiger partial charge in [0.05, 0.1) is 23.1 Å². The van der Waals surface area contributed by atoms with E-state index in [1.165, 1.54) is 0 Å². The molecule has 0 spiro atoms. The highest BCUT2D eigenvalue weighted by Gasteiger charge is 2.11. The third-order valence-electron chi connectivity index (χ3n) is 4.87. The van der Waals surface area contributed by atoms with Crippen molar-refractivity contribution in [1.29, 1.82) is 0 Å². The maximum atomic E-state index is 12.5. The Hall–Kier alpha value is -3.93. The highest BCUT2D eigenvalue weighted by molar-refractivity contribution is 6.03. The fraction of sp³-hybridized carbons (Fsp3) is 0.125. The summed E-state index contributed by atoms with van der Waals surface area (Å²) in [6, 6.07) is 24.7. The molecule has 30 heavy (non-hydrogen) atoms. The van der Waals surface area contributed by atoms with Crippen LogP contribution in [-0.2, 0) is 17.8 Å². The molecule has 0 aliphatic rings. The molecular weight excluding hydrogens is 376 g/mol. The van der Waals surface area contributed by atoms with Crippen LogP contribution in [0.15, 0.2) is 90.3 Å². The zero-order chi connectivity index (χ0) is 20.8. The number of carbonyl (C=O) groups is 1. The Balaban J connectivity index is 1.50. The third kappa shape index (κ3) is 4.55. The van der Waals surface area contributed by atoms with Gasteiger partial charge in [0.2, 0.25) is 0 Å². The standard InChI is InChI=1S/C24H22N4O2/c29-23-13-7-4-10-19(23)20(15-14-18-8-2-1-3-9-18)26-27-24(30)16-28-17-25-21-11-5-6-12-22(21)28/h1-13,17,29H,14-16H2,(H,27,30)/b26-20+. The number of imidazole rings is 1. The molecule has 0 bridgehead atoms. The van der Waals surface area contributed by atoms with Crippen molar-refractivity contribution in [2.75, 3.05) is 0 Å². The molecule has 1 aromatic heterocycles. The minimum atomic E-state index is -0.259. The quantitative estimate of drug-likeness (QED) is 0.366. The van der Waals surface area contributed by atoms with Crippen molar-refractivity contribution in [1.82, 2.24) is 15.0 Å². The number of hydrazone groups is 1. The molecule has 0 saturated heterocycles. The van der Waals surface area contributed by atoms with Gasteiger partial charge in [0.1, 0.15) is 12.3 Å². The molecule has 0 atom stereocenters. The van der Waals surface area contributed by atoms with E-state index in [9.17, 15) is 9.90 Å². The van der Waals surface area contributed by atoms with Crippen molar-refractivity contribution in [3.05, 3.63) is 96.3 Å². The number of nitrogens with one attached hydrogen (secondary N) is 1. The van der Waals surface area contributed by atoms with E-state index < -0.39 is 0 Å². The molecule has 0 radical (unpaired) electrons. The molecule has 150 valence electrons. The number of hydrogen-bond donors (Lipinski definition) is 2. The summed E-state index contributed by atoms with van der Waals surface area (Å²) < 4.78 is 1.78. The predicted octanol–water partition coefficient (Wildman–Crippen LogP) is 3.90. The number of aryl methyl sites for hydroxylation is 1. The lowest BCUT2D eigenvalue weighted by molar-refractivity contribution is -0.121. The molecule has 0 saturated carbocycles. The van der Waals surface area contributed by atoms with Crippen LogP contribution in [0.4, 0.5) is 0 Å². The van der Waals surface area contributed by atoms with Crippen molar-refractivity contribution >= 4 is 22.7 Å². The monoisotopic (exact) mass is 398 g/mol. The summed E-state index contributed by atoms with van der Waals surface area (Å²) in [5, 5.41) is 14.6. The van der Waals surface area contributed by atoms with Crippen LogP contribution in [0.25, 0.3) is 11.0 Å². The van der Waals surface area contributed by atoms with Crippen molar-refractivity contribution in [2.24, 2.45) is 5.10 Å². The number of carbonyl (C=O) groups excluding carboxylic acids is 1. The van der Waals surface area contributed by atoms with E-state index in [2.05, 4.69) is 15.5 Å². The van der Waals surface area contributed by atoms with Crippen molar-refractivity contribution in [3.8, 4) is 5.75 Å². The first kappa shape index (κ1) is 19.4. The fourth-order valence-corrected chi connectivity index (χ4v) is 3.33. The summed E-state index contributed by atoms with van der Waals surface area (Å²) in [4.78, 5) is 16.8. The van der Waals surface area contributed by atoms with Crippen LogP contribution in [0.1, 0.15) is 17.5 Å². The number of hydrogen-bond acceptors (Lipinski definition) is 4. The van der Waals surface area contributed by atoms with Gasteiger partial charge in [-0.15, -0.1) is 0 Å². The number of phenolic OH excluding ortho intramolecular Hbond substituents is 1. The van der Waals surface area contributed by atoms with E-state index in [1.54, 1.807) is 29.1 Å². The lowest BCUT2D eigenvalue weighted by Gasteiger charge is -2.10. The Morgan fingerprint density at radius 1 is 0.967 bits per heavy atom. The summed E-state index contributed by atoms with van der Waals surface area (Å²) in [5.41, 5.74) is 6.77. The lowest BCUT2D eigenvalue weighted by Crippen LogP contribution is -2.24. The summed E-state index contributed by atoms with van der Waals surface area (Å²) in [5.74, 6) is -0.120. The van der Waals surface area contributed by atoms with Crippen LogP contribution in [0.2, 0.25) is 0 Å². The smallest absolute Gasteiger partial charge is 0.260 e.